The summed E-state index contributed by atoms with van der Waals surface area (Å²) >= 11 is 0. The Kier molecular flexibility index (Phi) is 6.54. The minimum absolute atomic E-state index is 0.176. The van der Waals surface area contributed by atoms with Gasteiger partial charge in [-0.05, 0) is 69.1 Å². The highest BCUT2D eigenvalue weighted by atomic mass is 32.3. The van der Waals surface area contributed by atoms with E-state index >= 15 is 0 Å². The Morgan fingerprint density at radius 3 is 2.06 bits per heavy atom. The molecular weight excluding hydrogens is 498 g/mol. The quantitative estimate of drug-likeness (QED) is 0.327. The summed E-state index contributed by atoms with van der Waals surface area (Å²) in [5.74, 6) is -0.622. The molecule has 10 heteroatoms. The average Bonchev–Trinajstić information content (AvgIpc) is 3.24. The van der Waals surface area contributed by atoms with Crippen molar-refractivity contribution in [2.24, 2.45) is 23.2 Å². The number of benzene rings is 1. The molecule has 6 rings (SSSR count). The number of carbonyl (C=O) groups is 2. The van der Waals surface area contributed by atoms with Crippen molar-refractivity contribution in [3.8, 4) is 0 Å². The van der Waals surface area contributed by atoms with Gasteiger partial charge in [-0.3, -0.25) is 4.79 Å². The molecule has 0 N–H and O–H groups in total. The number of ketones is 1. The van der Waals surface area contributed by atoms with Gasteiger partial charge in [-0.1, -0.05) is 30.3 Å². The molecule has 4 aliphatic carbocycles. The molecule has 5 fully saturated rings. The van der Waals surface area contributed by atoms with Crippen LogP contribution >= 0.6 is 10.3 Å². The molecule has 6 nitrogen and oxygen atoms in total. The summed E-state index contributed by atoms with van der Waals surface area (Å²) in [7, 11) is -8.29. The Bertz CT molecular complexity index is 1050. The number of Topliss-reactive ketones (excluding diaryl/α,β-unsaturated/α-hetero) is 1. The third kappa shape index (κ3) is 4.90. The predicted molar refractivity (Wildman–Crippen MR) is 129 cm³/mol. The zero-order valence-electron chi connectivity index (χ0n) is 19.6. The van der Waals surface area contributed by atoms with Crippen LogP contribution < -0.4 is 0 Å². The third-order valence-electron chi connectivity index (χ3n) is 8.23. The molecule has 1 saturated heterocycles. The average molecular weight is 531 g/mol. The summed E-state index contributed by atoms with van der Waals surface area (Å²) in [6.45, 7) is -0.176. The molecule has 0 aromatic heterocycles. The number of esters is 1. The van der Waals surface area contributed by atoms with Crippen LogP contribution in [0, 0.1) is 23.2 Å². The SMILES string of the molecule is O=C(CS1(OS(=O)(=O)C(F)(F)C(=O)OCC23CC4CC(CC(C4)C2)C3)CCCC1)c1ccccc1. The molecular formula is C25H32F2O6S2. The van der Waals surface area contributed by atoms with Crippen LogP contribution in [0.2, 0.25) is 0 Å². The number of hydrogen-bond acceptors (Lipinski definition) is 6. The first-order chi connectivity index (χ1) is 16.5. The van der Waals surface area contributed by atoms with Crippen LogP contribution in [0.3, 0.4) is 0 Å². The monoisotopic (exact) mass is 530 g/mol. The van der Waals surface area contributed by atoms with E-state index < -0.39 is 31.7 Å². The molecule has 0 radical (unpaired) electrons. The Morgan fingerprint density at radius 2 is 1.51 bits per heavy atom. The van der Waals surface area contributed by atoms with Crippen molar-refractivity contribution in [1.82, 2.24) is 0 Å². The highest BCUT2D eigenvalue weighted by molar-refractivity contribution is 8.33. The first-order valence-corrected chi connectivity index (χ1v) is 15.8. The fourth-order valence-corrected chi connectivity index (χ4v) is 12.6. The Hall–Kier alpha value is -1.52. The summed E-state index contributed by atoms with van der Waals surface area (Å²) in [5, 5.41) is -4.83. The number of hydrogen-bond donors (Lipinski definition) is 0. The lowest BCUT2D eigenvalue weighted by Gasteiger charge is -2.56. The molecule has 194 valence electrons. The minimum atomic E-state index is -5.63. The first kappa shape index (κ1) is 25.1. The fourth-order valence-electron chi connectivity index (χ4n) is 7.12. The van der Waals surface area contributed by atoms with Gasteiger partial charge in [0.1, 0.15) is 0 Å². The smallest absolute Gasteiger partial charge is 0.460 e. The Morgan fingerprint density at radius 1 is 0.971 bits per heavy atom. The molecule has 1 aromatic rings. The molecule has 5 aliphatic rings. The lowest BCUT2D eigenvalue weighted by Crippen LogP contribution is -2.49. The number of carbonyl (C=O) groups excluding carboxylic acids is 2. The van der Waals surface area contributed by atoms with Crippen LogP contribution in [0.4, 0.5) is 8.78 Å². The summed E-state index contributed by atoms with van der Waals surface area (Å²) in [4.78, 5) is 25.2. The van der Waals surface area contributed by atoms with Crippen molar-refractivity contribution in [2.75, 3.05) is 23.9 Å². The first-order valence-electron chi connectivity index (χ1n) is 12.4. The molecule has 4 saturated carbocycles. The number of ether oxygens (including phenoxy) is 1. The minimum Gasteiger partial charge on any atom is -0.460 e. The molecule has 0 amide bonds. The van der Waals surface area contributed by atoms with Gasteiger partial charge in [-0.2, -0.15) is 17.2 Å². The van der Waals surface area contributed by atoms with Crippen LogP contribution in [0.5, 0.6) is 0 Å². The van der Waals surface area contributed by atoms with Gasteiger partial charge in [-0.25, -0.2) is 8.42 Å². The second-order valence-corrected chi connectivity index (χ2v) is 16.0. The largest absolute Gasteiger partial charge is 0.466 e. The van der Waals surface area contributed by atoms with Crippen LogP contribution in [0.15, 0.2) is 30.3 Å². The summed E-state index contributed by atoms with van der Waals surface area (Å²) < 4.78 is 65.6. The van der Waals surface area contributed by atoms with Crippen molar-refractivity contribution in [1.29, 1.82) is 0 Å². The Labute approximate surface area is 206 Å². The van der Waals surface area contributed by atoms with Crippen molar-refractivity contribution in [2.45, 2.75) is 56.6 Å². The van der Waals surface area contributed by atoms with Crippen LogP contribution in [-0.4, -0.2) is 49.3 Å². The molecule has 1 aromatic carbocycles. The molecule has 0 atom stereocenters. The van der Waals surface area contributed by atoms with Gasteiger partial charge in [0, 0.05) is 22.5 Å². The van der Waals surface area contributed by atoms with E-state index in [1.54, 1.807) is 30.3 Å². The van der Waals surface area contributed by atoms with Gasteiger partial charge in [0.15, 0.2) is 5.78 Å². The van der Waals surface area contributed by atoms with Crippen molar-refractivity contribution < 1.29 is 35.2 Å². The van der Waals surface area contributed by atoms with Gasteiger partial charge < -0.3 is 4.74 Å². The lowest BCUT2D eigenvalue weighted by atomic mass is 9.50. The second kappa shape index (κ2) is 9.10. The molecule has 0 spiro atoms. The van der Waals surface area contributed by atoms with E-state index in [0.717, 1.165) is 38.5 Å². The van der Waals surface area contributed by atoms with Crippen LogP contribution in [0.1, 0.15) is 61.7 Å². The van der Waals surface area contributed by atoms with E-state index in [-0.39, 0.29) is 35.1 Å². The van der Waals surface area contributed by atoms with E-state index in [9.17, 15) is 26.8 Å². The maximum absolute atomic E-state index is 15.0. The summed E-state index contributed by atoms with van der Waals surface area (Å²) in [6, 6.07) is 8.28. The normalized spacial score (nSPS) is 32.3. The zero-order chi connectivity index (χ0) is 24.9. The van der Waals surface area contributed by atoms with E-state index in [4.69, 9.17) is 8.37 Å². The Balaban J connectivity index is 1.26. The topological polar surface area (TPSA) is 86.7 Å². The van der Waals surface area contributed by atoms with Crippen molar-refractivity contribution in [3.63, 3.8) is 0 Å². The fraction of sp³-hybridized carbons (Fsp3) is 0.680. The van der Waals surface area contributed by atoms with E-state index in [1.807, 2.05) is 0 Å². The molecule has 1 aliphatic heterocycles. The van der Waals surface area contributed by atoms with Crippen LogP contribution in [-0.2, 0) is 23.3 Å². The third-order valence-corrected chi connectivity index (χ3v) is 13.8. The maximum atomic E-state index is 15.0. The standard InChI is InChI=1S/C25H32F2O6S2/c26-25(27,23(29)32-17-24-13-18-10-19(14-24)12-20(11-18)15-24)35(30,31)33-34(8-4-5-9-34)16-22(28)21-6-2-1-3-7-21/h1-3,6-7,18-20H,4-5,8-17H2. The van der Waals surface area contributed by atoms with Crippen molar-refractivity contribution in [3.05, 3.63) is 35.9 Å². The molecule has 1 heterocycles. The second-order valence-electron chi connectivity index (χ2n) is 11.0. The van der Waals surface area contributed by atoms with E-state index in [1.165, 1.54) is 0 Å². The van der Waals surface area contributed by atoms with Gasteiger partial charge >= 0.3 is 21.3 Å². The predicted octanol–water partition coefficient (Wildman–Crippen LogP) is 5.08. The number of halogens is 2. The van der Waals surface area contributed by atoms with Gasteiger partial charge in [-0.15, -0.1) is 10.3 Å². The number of rotatable bonds is 9. The summed E-state index contributed by atoms with van der Waals surface area (Å²) in [6.07, 6.45) is 7.14. The van der Waals surface area contributed by atoms with Gasteiger partial charge in [0.05, 0.1) is 12.4 Å². The molecule has 4 bridgehead atoms. The molecule has 0 unspecified atom stereocenters. The lowest BCUT2D eigenvalue weighted by molar-refractivity contribution is -0.171. The van der Waals surface area contributed by atoms with Crippen LogP contribution in [0.25, 0.3) is 0 Å². The maximum Gasteiger partial charge on any atom is 0.466 e. The van der Waals surface area contributed by atoms with E-state index in [2.05, 4.69) is 0 Å². The van der Waals surface area contributed by atoms with Gasteiger partial charge in [0.25, 0.3) is 0 Å². The van der Waals surface area contributed by atoms with Crippen molar-refractivity contribution >= 4 is 32.2 Å². The van der Waals surface area contributed by atoms with Gasteiger partial charge in [0.2, 0.25) is 0 Å². The van der Waals surface area contributed by atoms with E-state index in [0.29, 0.717) is 36.2 Å². The zero-order valence-corrected chi connectivity index (χ0v) is 21.3. The highest BCUT2D eigenvalue weighted by Crippen LogP contribution is 2.60. The highest BCUT2D eigenvalue weighted by Gasteiger charge is 2.59. The molecule has 35 heavy (non-hydrogen) atoms. The number of alkyl halides is 2. The summed E-state index contributed by atoms with van der Waals surface area (Å²) in [5.41, 5.74) is 0.0551.